The van der Waals surface area contributed by atoms with E-state index in [1.165, 1.54) is 83.1 Å². The molecule has 610 valence electrons. The van der Waals surface area contributed by atoms with Gasteiger partial charge >= 0.3 is 12.4 Å². The number of halogens is 7. The van der Waals surface area contributed by atoms with Gasteiger partial charge in [0.25, 0.3) is 0 Å². The van der Waals surface area contributed by atoms with Crippen molar-refractivity contribution in [3.63, 3.8) is 0 Å². The highest BCUT2D eigenvalue weighted by atomic mass is 35.5. The first kappa shape index (κ1) is 88.4. The molecule has 26 nitrogen and oxygen atoms in total. The zero-order valence-corrected chi connectivity index (χ0v) is 66.1. The van der Waals surface area contributed by atoms with Crippen LogP contribution < -0.4 is 16.0 Å². The monoisotopic (exact) mass is 1560 g/mol. The molecule has 1 spiro atoms. The fraction of sp³-hybridized carbons (Fsp3) is 0.813. The van der Waals surface area contributed by atoms with Gasteiger partial charge in [0.05, 0.1) is 44.1 Å². The van der Waals surface area contributed by atoms with Gasteiger partial charge in [-0.25, -0.2) is 0 Å². The van der Waals surface area contributed by atoms with E-state index in [0.717, 1.165) is 24.5 Å². The Kier molecular flexibility index (Phi) is 30.7. The molecule has 3 N–H and O–H groups in total. The van der Waals surface area contributed by atoms with E-state index in [4.69, 9.17) is 21.1 Å². The van der Waals surface area contributed by atoms with Crippen molar-refractivity contribution in [2.75, 3.05) is 103 Å². The van der Waals surface area contributed by atoms with Crippen LogP contribution >= 0.6 is 11.6 Å². The molecule has 12 amide bonds. The molecule has 0 aromatic heterocycles. The lowest BCUT2D eigenvalue weighted by atomic mass is 9.58. The summed E-state index contributed by atoms with van der Waals surface area (Å²) in [5.74, 6) is -14.7. The van der Waals surface area contributed by atoms with Crippen molar-refractivity contribution in [1.82, 2.24) is 60.0 Å². The van der Waals surface area contributed by atoms with Gasteiger partial charge < -0.3 is 69.5 Å². The number of hydrogen-bond donors (Lipinski definition) is 3. The van der Waals surface area contributed by atoms with Crippen molar-refractivity contribution in [3.8, 4) is 0 Å². The molecule has 0 aromatic rings. The van der Waals surface area contributed by atoms with E-state index in [9.17, 15) is 55.1 Å². The Morgan fingerprint density at radius 2 is 1.31 bits per heavy atom. The minimum atomic E-state index is -4.58. The third-order valence-corrected chi connectivity index (χ3v) is 24.4. The van der Waals surface area contributed by atoms with Crippen molar-refractivity contribution >= 4 is 82.5 Å². The summed E-state index contributed by atoms with van der Waals surface area (Å²) < 4.78 is 96.4. The number of likely N-dealkylation sites (N-methyl/N-ethyl adjacent to an activating group) is 7. The first-order valence-electron chi connectivity index (χ1n) is 38.3. The maximum atomic E-state index is 15.8. The van der Waals surface area contributed by atoms with E-state index in [0.29, 0.717) is 32.1 Å². The van der Waals surface area contributed by atoms with Crippen LogP contribution in [0.4, 0.5) is 26.3 Å². The van der Waals surface area contributed by atoms with E-state index in [1.807, 2.05) is 13.8 Å². The van der Waals surface area contributed by atoms with Gasteiger partial charge in [0.15, 0.2) is 0 Å². The number of ether oxygens (including phenoxy) is 2. The van der Waals surface area contributed by atoms with Crippen LogP contribution in [0.15, 0.2) is 12.2 Å². The van der Waals surface area contributed by atoms with Gasteiger partial charge in [-0.1, -0.05) is 59.1 Å². The number of fused-ring (bicyclic) bond motifs is 3. The number of nitrogens with zero attached hydrogens (tertiary/aromatic N) is 9. The zero-order chi connectivity index (χ0) is 80.4. The van der Waals surface area contributed by atoms with Crippen molar-refractivity contribution in [2.45, 2.75) is 247 Å². The molecule has 3 heterocycles. The third-order valence-electron chi connectivity index (χ3n) is 23.9. The molecule has 108 heavy (non-hydrogen) atoms. The van der Waals surface area contributed by atoms with Gasteiger partial charge in [-0.2, -0.15) is 26.3 Å². The number of amides is 12. The summed E-state index contributed by atoms with van der Waals surface area (Å²) in [5.41, 5.74) is -2.28. The lowest BCUT2D eigenvalue weighted by Gasteiger charge is -2.54. The van der Waals surface area contributed by atoms with E-state index >= 15 is 28.8 Å². The van der Waals surface area contributed by atoms with Gasteiger partial charge in [-0.05, 0) is 139 Å². The molecule has 4 saturated carbocycles. The van der Waals surface area contributed by atoms with Crippen molar-refractivity contribution < 1.29 is 93.4 Å². The van der Waals surface area contributed by atoms with Crippen LogP contribution in [-0.2, 0) is 67.0 Å². The van der Waals surface area contributed by atoms with E-state index in [1.54, 1.807) is 32.9 Å². The van der Waals surface area contributed by atoms with Crippen molar-refractivity contribution in [3.05, 3.63) is 12.2 Å². The van der Waals surface area contributed by atoms with Crippen LogP contribution in [0.2, 0.25) is 0 Å². The predicted molar refractivity (Wildman–Crippen MR) is 387 cm³/mol. The molecule has 3 unspecified atom stereocenters. The molecule has 6 fully saturated rings. The fourth-order valence-electron chi connectivity index (χ4n) is 17.5. The van der Waals surface area contributed by atoms with Crippen LogP contribution in [0.25, 0.3) is 0 Å². The lowest BCUT2D eigenvalue weighted by molar-refractivity contribution is -0.184. The maximum absolute atomic E-state index is 15.8. The highest BCUT2D eigenvalue weighted by Gasteiger charge is 2.60. The quantitative estimate of drug-likeness (QED) is 0.110. The fourth-order valence-corrected chi connectivity index (χ4v) is 18.0. The Morgan fingerprint density at radius 1 is 0.676 bits per heavy atom. The number of carbonyl (C=O) groups is 12. The second-order valence-electron chi connectivity index (χ2n) is 32.6. The molecule has 4 aliphatic carbocycles. The number of alkyl halides is 7. The number of hydrogen-bond acceptors (Lipinski definition) is 14. The molecule has 3 aliphatic heterocycles. The van der Waals surface area contributed by atoms with Crippen molar-refractivity contribution in [1.29, 1.82) is 0 Å². The van der Waals surface area contributed by atoms with Crippen molar-refractivity contribution in [2.24, 2.45) is 40.9 Å². The molecule has 2 bridgehead atoms. The topological polar surface area (TPSA) is 289 Å². The number of nitrogens with one attached hydrogen (secondary N) is 3. The maximum Gasteiger partial charge on any atom is 0.393 e. The minimum Gasteiger partial charge on any atom is -0.382 e. The normalized spacial score (nSPS) is 31.7. The Morgan fingerprint density at radius 3 is 1.88 bits per heavy atom. The van der Waals surface area contributed by atoms with Crippen LogP contribution in [-0.4, -0.2) is 296 Å². The summed E-state index contributed by atoms with van der Waals surface area (Å²) in [4.78, 5) is 192. The highest BCUT2D eigenvalue weighted by Crippen LogP contribution is 2.50. The van der Waals surface area contributed by atoms with Crippen LogP contribution in [0, 0.1) is 40.9 Å². The molecule has 13 atom stereocenters. The largest absolute Gasteiger partial charge is 0.393 e. The molecular weight excluding hydrogens is 1440 g/mol. The average Bonchev–Trinajstić information content (AvgIpc) is 0.943. The molecular formula is C75H117ClF6N12O14. The van der Waals surface area contributed by atoms with Gasteiger partial charge in [-0.3, -0.25) is 57.5 Å². The van der Waals surface area contributed by atoms with Gasteiger partial charge in [0.2, 0.25) is 70.9 Å². The summed E-state index contributed by atoms with van der Waals surface area (Å²) in [6.45, 7) is 6.89. The first-order chi connectivity index (χ1) is 50.5. The van der Waals surface area contributed by atoms with Crippen LogP contribution in [0.5, 0.6) is 0 Å². The Bertz CT molecular complexity index is 3250. The van der Waals surface area contributed by atoms with Gasteiger partial charge in [-0.15, -0.1) is 11.6 Å². The Hall–Kier alpha value is -6.83. The van der Waals surface area contributed by atoms with Gasteiger partial charge in [0, 0.05) is 95.0 Å². The third kappa shape index (κ3) is 21.4. The van der Waals surface area contributed by atoms with Crippen LogP contribution in [0.3, 0.4) is 0 Å². The number of rotatable bonds is 13. The van der Waals surface area contributed by atoms with E-state index < -0.39 is 216 Å². The van der Waals surface area contributed by atoms with E-state index in [-0.39, 0.29) is 116 Å². The average molecular weight is 1560 g/mol. The SMILES string of the molecule is CCO[C@@H]1C[C@H]2C(=O)NC3(CC(C)(C)C3)C(=O)N(C)[C@@H](C3CCCC3)C(=O)N(C)[C@H](C(=O)N(C)C)CC(=O)N(C)[C@@H](COC)C(=O)N[C@@H]([C@@H](C)CC)C(=O)N(C)CC(=O)N(C)[C@H]3C/C=C\CCN(C3=O)[C@@H](CC3CCC(C(F)(F)F)CC3)C(=O)N(C)CC(=O)N[C@@H](CCC3CCC(C(F)(F)F)C(Cl)C3)C(=O)N2C1. The summed E-state index contributed by atoms with van der Waals surface area (Å²) in [6, 6.07) is -11.3. The first-order valence-corrected chi connectivity index (χ1v) is 38.8. The smallest absolute Gasteiger partial charge is 0.382 e. The molecule has 7 rings (SSSR count). The Labute approximate surface area is 636 Å². The number of methoxy groups -OCH3 is 1. The number of carbonyl (C=O) groups excluding carboxylic acids is 12. The van der Waals surface area contributed by atoms with Crippen LogP contribution in [0.1, 0.15) is 169 Å². The standard InChI is InChI=1S/C75H117ClF6N12O14/c1-15-44(3)61-69(104)88(9)40-60(97)89(10)53-24-18-17-21-33-93(68(53)103)56(35-46-25-29-48(30-26-46)74(77,78)79)67(102)87(8)39-58(95)83-52(32-28-45-27-31-50(51(76)34-45)75(80,81)82)65(100)94-38-49(108-16-2)36-54(94)64(99)85-73(42-72(4,5)43-73)71(106)92(13)62(47-22-19-20-23-47)70(105)91(12)55(66(101)86(6)7)37-59(96)90(11)57(41-107-14)63(98)84-61/h17-18,44-57,61-62H,15-16,19-43H2,1-14H3,(H,83,95)(H,84,98)(H,85,99)/b18-17-/t44-,45?,46?,48?,49+,50?,51?,52-,53-,54-,55-,56-,57-,61-,62-/m0/s1. The van der Waals surface area contributed by atoms with Gasteiger partial charge in [0.1, 0.15) is 53.9 Å². The second-order valence-corrected chi connectivity index (χ2v) is 33.1. The molecule has 0 radical (unpaired) electrons. The predicted octanol–water partition coefficient (Wildman–Crippen LogP) is 5.91. The summed E-state index contributed by atoms with van der Waals surface area (Å²) in [5, 5.41) is 7.28. The molecule has 7 aliphatic rings. The minimum absolute atomic E-state index is 0.0275. The molecule has 2 saturated heterocycles. The molecule has 0 aromatic carbocycles. The summed E-state index contributed by atoms with van der Waals surface area (Å²) >= 11 is 6.44. The highest BCUT2D eigenvalue weighted by molar-refractivity contribution is 6.21. The van der Waals surface area contributed by atoms with E-state index in [2.05, 4.69) is 16.0 Å². The zero-order valence-electron chi connectivity index (χ0n) is 65.4. The molecule has 33 heteroatoms. The Balaban J connectivity index is 1.33. The summed E-state index contributed by atoms with van der Waals surface area (Å²) in [6.07, 6.45) is -5.43. The lowest BCUT2D eigenvalue weighted by Crippen LogP contribution is -2.71. The summed E-state index contributed by atoms with van der Waals surface area (Å²) in [7, 11) is 12.2. The second kappa shape index (κ2) is 37.5.